The van der Waals surface area contributed by atoms with Crippen LogP contribution in [0.1, 0.15) is 29.3 Å². The highest BCUT2D eigenvalue weighted by Gasteiger charge is 2.32. The number of fused-ring (bicyclic) bond motifs is 1. The van der Waals surface area contributed by atoms with E-state index in [4.69, 9.17) is 4.74 Å². The summed E-state index contributed by atoms with van der Waals surface area (Å²) in [6, 6.07) is 2.50. The number of hydrogen-bond donors (Lipinski definition) is 3. The summed E-state index contributed by atoms with van der Waals surface area (Å²) in [7, 11) is 0. The minimum Gasteiger partial charge on any atom is -0.508 e. The van der Waals surface area contributed by atoms with Gasteiger partial charge in [-0.15, -0.1) is 0 Å². The van der Waals surface area contributed by atoms with Crippen LogP contribution in [0, 0.1) is 0 Å². The molecule has 3 N–H and O–H groups in total. The number of rotatable bonds is 2. The molecule has 0 fully saturated rings. The first-order chi connectivity index (χ1) is 8.02. The molecule has 2 rings (SSSR count). The molecule has 1 heterocycles. The summed E-state index contributed by atoms with van der Waals surface area (Å²) in [5, 5.41) is 28.6. The van der Waals surface area contributed by atoms with E-state index in [-0.39, 0.29) is 23.5 Å². The topological polar surface area (TPSA) is 87.0 Å². The number of aliphatic hydroxyl groups excluding tert-OH is 1. The zero-order chi connectivity index (χ0) is 12.6. The number of hydrogen-bond acceptors (Lipinski definition) is 5. The number of phenolic OH excluding ortho intramolecular Hbond substituents is 2. The maximum Gasteiger partial charge on any atom is 0.342 e. The van der Waals surface area contributed by atoms with Gasteiger partial charge in [-0.2, -0.15) is 0 Å². The van der Waals surface area contributed by atoms with Crippen LogP contribution >= 0.6 is 0 Å². The SMILES string of the molecule is CCC(O)C1Cc2cc(O)cc(O)c2C(=O)O1. The van der Waals surface area contributed by atoms with Crippen LogP contribution in [0.25, 0.3) is 0 Å². The fourth-order valence-corrected chi connectivity index (χ4v) is 2.00. The molecular weight excluding hydrogens is 224 g/mol. The van der Waals surface area contributed by atoms with Crippen molar-refractivity contribution in [2.24, 2.45) is 0 Å². The van der Waals surface area contributed by atoms with E-state index in [9.17, 15) is 20.1 Å². The smallest absolute Gasteiger partial charge is 0.342 e. The monoisotopic (exact) mass is 238 g/mol. The highest BCUT2D eigenvalue weighted by Crippen LogP contribution is 2.33. The first-order valence-corrected chi connectivity index (χ1v) is 5.46. The largest absolute Gasteiger partial charge is 0.508 e. The lowest BCUT2D eigenvalue weighted by Gasteiger charge is -2.28. The number of ether oxygens (including phenoxy) is 1. The number of phenols is 2. The lowest BCUT2D eigenvalue weighted by atomic mass is 9.94. The van der Waals surface area contributed by atoms with Crippen molar-refractivity contribution in [3.8, 4) is 11.5 Å². The van der Waals surface area contributed by atoms with Crippen molar-refractivity contribution < 1.29 is 24.9 Å². The zero-order valence-corrected chi connectivity index (χ0v) is 9.38. The van der Waals surface area contributed by atoms with Gasteiger partial charge >= 0.3 is 5.97 Å². The summed E-state index contributed by atoms with van der Waals surface area (Å²) in [6.07, 6.45) is -0.603. The molecule has 0 saturated carbocycles. The lowest BCUT2D eigenvalue weighted by molar-refractivity contribution is -0.0241. The molecule has 0 aliphatic carbocycles. The maximum atomic E-state index is 11.7. The van der Waals surface area contributed by atoms with E-state index in [1.54, 1.807) is 6.92 Å². The van der Waals surface area contributed by atoms with Gasteiger partial charge in [0.2, 0.25) is 0 Å². The van der Waals surface area contributed by atoms with Crippen molar-refractivity contribution in [2.45, 2.75) is 32.0 Å². The van der Waals surface area contributed by atoms with E-state index >= 15 is 0 Å². The Balaban J connectivity index is 2.39. The number of benzene rings is 1. The molecule has 2 atom stereocenters. The normalized spacial score (nSPS) is 20.6. The molecule has 17 heavy (non-hydrogen) atoms. The van der Waals surface area contributed by atoms with E-state index in [1.807, 2.05) is 0 Å². The van der Waals surface area contributed by atoms with Crippen molar-refractivity contribution in [3.05, 3.63) is 23.3 Å². The molecule has 5 nitrogen and oxygen atoms in total. The summed E-state index contributed by atoms with van der Waals surface area (Å²) in [5.74, 6) is -1.07. The van der Waals surface area contributed by atoms with Gasteiger partial charge in [0.1, 0.15) is 23.2 Å². The highest BCUT2D eigenvalue weighted by molar-refractivity contribution is 5.95. The summed E-state index contributed by atoms with van der Waals surface area (Å²) in [4.78, 5) is 11.7. The average molecular weight is 238 g/mol. The molecule has 0 amide bonds. The van der Waals surface area contributed by atoms with Gasteiger partial charge in [0, 0.05) is 12.5 Å². The summed E-state index contributed by atoms with van der Waals surface area (Å²) >= 11 is 0. The molecule has 0 radical (unpaired) electrons. The van der Waals surface area contributed by atoms with Crippen molar-refractivity contribution in [2.75, 3.05) is 0 Å². The van der Waals surface area contributed by atoms with E-state index in [2.05, 4.69) is 0 Å². The minimum atomic E-state index is -0.739. The van der Waals surface area contributed by atoms with Gasteiger partial charge in [-0.05, 0) is 18.1 Å². The number of cyclic esters (lactones) is 1. The van der Waals surface area contributed by atoms with Gasteiger partial charge in [0.05, 0.1) is 6.10 Å². The van der Waals surface area contributed by atoms with Gasteiger partial charge in [0.25, 0.3) is 0 Å². The molecule has 0 bridgehead atoms. The molecule has 0 spiro atoms. The van der Waals surface area contributed by atoms with Crippen LogP contribution in [0.2, 0.25) is 0 Å². The Bertz CT molecular complexity index is 454. The Hall–Kier alpha value is -1.75. The molecule has 0 aromatic heterocycles. The molecule has 2 unspecified atom stereocenters. The Labute approximate surface area is 98.3 Å². The summed E-state index contributed by atoms with van der Waals surface area (Å²) in [5.41, 5.74) is 0.568. The third-order valence-corrected chi connectivity index (χ3v) is 2.92. The quantitative estimate of drug-likeness (QED) is 0.668. The van der Waals surface area contributed by atoms with E-state index in [1.165, 1.54) is 6.07 Å². The lowest BCUT2D eigenvalue weighted by Crippen LogP contribution is -2.36. The molecule has 92 valence electrons. The predicted molar refractivity (Wildman–Crippen MR) is 59.0 cm³/mol. The van der Waals surface area contributed by atoms with Gasteiger partial charge in [0.15, 0.2) is 0 Å². The van der Waals surface area contributed by atoms with Crippen molar-refractivity contribution in [3.63, 3.8) is 0 Å². The highest BCUT2D eigenvalue weighted by atomic mass is 16.6. The van der Waals surface area contributed by atoms with Crippen molar-refractivity contribution in [1.29, 1.82) is 0 Å². The number of carbonyl (C=O) groups excluding carboxylic acids is 1. The number of aliphatic hydroxyl groups is 1. The standard InChI is InChI=1S/C12H14O5/c1-2-8(14)10-4-6-3-7(13)5-9(15)11(6)12(16)17-10/h3,5,8,10,13-15H,2,4H2,1H3. The third kappa shape index (κ3) is 2.06. The molecule has 1 aliphatic rings. The van der Waals surface area contributed by atoms with Gasteiger partial charge in [-0.1, -0.05) is 6.92 Å². The number of esters is 1. The van der Waals surface area contributed by atoms with Crippen molar-refractivity contribution in [1.82, 2.24) is 0 Å². The minimum absolute atomic E-state index is 0.0716. The fourth-order valence-electron chi connectivity index (χ4n) is 2.00. The summed E-state index contributed by atoms with van der Waals surface area (Å²) in [6.45, 7) is 1.79. The Morgan fingerprint density at radius 1 is 1.47 bits per heavy atom. The van der Waals surface area contributed by atoms with Crippen LogP contribution in [0.4, 0.5) is 0 Å². The van der Waals surface area contributed by atoms with Crippen LogP contribution in [0.5, 0.6) is 11.5 Å². The second-order valence-corrected chi connectivity index (χ2v) is 4.12. The van der Waals surface area contributed by atoms with Gasteiger partial charge in [-0.25, -0.2) is 4.79 Å². The van der Waals surface area contributed by atoms with Crippen LogP contribution in [0.3, 0.4) is 0 Å². The Kier molecular flexibility index (Phi) is 2.93. The number of carbonyl (C=O) groups is 1. The molecule has 1 aliphatic heterocycles. The second kappa shape index (κ2) is 4.25. The van der Waals surface area contributed by atoms with Crippen LogP contribution in [-0.2, 0) is 11.2 Å². The van der Waals surface area contributed by atoms with E-state index < -0.39 is 18.2 Å². The molecule has 5 heteroatoms. The zero-order valence-electron chi connectivity index (χ0n) is 9.38. The van der Waals surface area contributed by atoms with Crippen LogP contribution in [-0.4, -0.2) is 33.5 Å². The van der Waals surface area contributed by atoms with Crippen LogP contribution in [0.15, 0.2) is 12.1 Å². The van der Waals surface area contributed by atoms with Crippen molar-refractivity contribution >= 4 is 5.97 Å². The fraction of sp³-hybridized carbons (Fsp3) is 0.417. The van der Waals surface area contributed by atoms with Gasteiger partial charge < -0.3 is 20.1 Å². The molecule has 0 saturated heterocycles. The Morgan fingerprint density at radius 2 is 2.18 bits per heavy atom. The van der Waals surface area contributed by atoms with Gasteiger partial charge in [-0.3, -0.25) is 0 Å². The van der Waals surface area contributed by atoms with Crippen LogP contribution < -0.4 is 0 Å². The first kappa shape index (κ1) is 11.7. The third-order valence-electron chi connectivity index (χ3n) is 2.92. The molecular formula is C12H14O5. The van der Waals surface area contributed by atoms with E-state index in [0.717, 1.165) is 6.07 Å². The Morgan fingerprint density at radius 3 is 2.82 bits per heavy atom. The predicted octanol–water partition coefficient (Wildman–Crippen LogP) is 0.950. The second-order valence-electron chi connectivity index (χ2n) is 4.12. The van der Waals surface area contributed by atoms with E-state index in [0.29, 0.717) is 12.0 Å². The molecule has 1 aromatic carbocycles. The molecule has 1 aromatic rings. The maximum absolute atomic E-state index is 11.7. The number of aromatic hydroxyl groups is 2. The average Bonchev–Trinajstić information content (AvgIpc) is 2.26. The summed E-state index contributed by atoms with van der Waals surface area (Å²) < 4.78 is 5.06. The first-order valence-electron chi connectivity index (χ1n) is 5.46.